The van der Waals surface area contributed by atoms with Crippen molar-refractivity contribution in [3.05, 3.63) is 0 Å². The van der Waals surface area contributed by atoms with Crippen LogP contribution in [0.25, 0.3) is 0 Å². The van der Waals surface area contributed by atoms with Crippen molar-refractivity contribution in [1.29, 1.82) is 0 Å². The minimum atomic E-state index is -1.23. The predicted octanol–water partition coefficient (Wildman–Crippen LogP) is 5.24. The molecular weight excluding hydrogens is 264 g/mol. The van der Waals surface area contributed by atoms with Gasteiger partial charge in [0.2, 0.25) is 0 Å². The zero-order valence-electron chi connectivity index (χ0n) is 13.8. The summed E-state index contributed by atoms with van der Waals surface area (Å²) in [5.74, 6) is 0.0354. The Kier molecular flexibility index (Phi) is 7.86. The smallest absolute Gasteiger partial charge is 0.306 e. The van der Waals surface area contributed by atoms with Crippen LogP contribution in [0.15, 0.2) is 0 Å². The molecule has 1 saturated carbocycles. The summed E-state index contributed by atoms with van der Waals surface area (Å²) in [7, 11) is -1.23. The molecule has 20 heavy (non-hydrogen) atoms. The van der Waals surface area contributed by atoms with E-state index < -0.39 is 14.8 Å². The zero-order chi connectivity index (χ0) is 15.0. The molecule has 2 nitrogen and oxygen atoms in total. The van der Waals surface area contributed by atoms with E-state index in [9.17, 15) is 9.90 Å². The summed E-state index contributed by atoms with van der Waals surface area (Å²) in [6.45, 7) is 6.63. The van der Waals surface area contributed by atoms with Crippen LogP contribution in [0, 0.1) is 5.92 Å². The highest BCUT2D eigenvalue weighted by atomic mass is 28.3. The number of carboxylic acids is 1. The Bertz CT molecular complexity index is 281. The summed E-state index contributed by atoms with van der Waals surface area (Å²) in [5, 5.41) is 9.86. The Morgan fingerprint density at radius 2 is 1.60 bits per heavy atom. The number of rotatable bonds is 9. The number of carboxylic acid groups (broad SMARTS) is 1. The third-order valence-electron chi connectivity index (χ3n) is 5.40. The van der Waals surface area contributed by atoms with Gasteiger partial charge >= 0.3 is 5.97 Å². The topological polar surface area (TPSA) is 37.3 Å². The molecule has 118 valence electrons. The molecule has 1 N–H and O–H groups in total. The first-order chi connectivity index (χ1) is 9.63. The molecule has 0 aromatic carbocycles. The number of aliphatic carboxylic acids is 1. The van der Waals surface area contributed by atoms with Crippen LogP contribution in [-0.4, -0.2) is 19.9 Å². The van der Waals surface area contributed by atoms with Gasteiger partial charge < -0.3 is 5.11 Å². The molecular formula is C17H34O2Si. The van der Waals surface area contributed by atoms with Gasteiger partial charge in [0.15, 0.2) is 0 Å². The summed E-state index contributed by atoms with van der Waals surface area (Å²) in [6, 6.07) is 2.44. The van der Waals surface area contributed by atoms with E-state index in [-0.39, 0.29) is 5.04 Å². The van der Waals surface area contributed by atoms with E-state index in [2.05, 4.69) is 20.8 Å². The Hall–Kier alpha value is -0.313. The average molecular weight is 299 g/mol. The van der Waals surface area contributed by atoms with Gasteiger partial charge in [-0.15, -0.1) is 0 Å². The first-order valence-electron chi connectivity index (χ1n) is 8.86. The molecule has 0 radical (unpaired) electrons. The van der Waals surface area contributed by atoms with E-state index in [1.807, 2.05) is 0 Å². The second-order valence-corrected chi connectivity index (χ2v) is 10.3. The lowest BCUT2D eigenvalue weighted by atomic mass is 9.77. The number of hydrogen-bond donors (Lipinski definition) is 1. The van der Waals surface area contributed by atoms with Gasteiger partial charge in [-0.1, -0.05) is 71.4 Å². The lowest BCUT2D eigenvalue weighted by Gasteiger charge is -2.44. The van der Waals surface area contributed by atoms with E-state index in [4.69, 9.17) is 0 Å². The van der Waals surface area contributed by atoms with Crippen LogP contribution in [0.3, 0.4) is 0 Å². The monoisotopic (exact) mass is 298 g/mol. The van der Waals surface area contributed by atoms with E-state index in [0.717, 1.165) is 12.8 Å². The van der Waals surface area contributed by atoms with Gasteiger partial charge in [0.25, 0.3) is 0 Å². The molecule has 0 heterocycles. The summed E-state index contributed by atoms with van der Waals surface area (Å²) in [4.78, 5) is 12.3. The second-order valence-electron chi connectivity index (χ2n) is 6.70. The molecule has 0 aromatic rings. The van der Waals surface area contributed by atoms with Crippen LogP contribution in [0.4, 0.5) is 0 Å². The Morgan fingerprint density at radius 3 is 2.00 bits per heavy atom. The molecule has 0 spiro atoms. The summed E-state index contributed by atoms with van der Waals surface area (Å²) >= 11 is 0. The first-order valence-corrected chi connectivity index (χ1v) is 11.1. The van der Waals surface area contributed by atoms with Crippen LogP contribution in [-0.2, 0) is 4.79 Å². The molecule has 1 fully saturated rings. The SMILES string of the molecule is CCC[SiH](CCC)C(CCC)(C(=O)O)C1CCCCC1. The average Bonchev–Trinajstić information content (AvgIpc) is 2.45. The molecule has 1 rings (SSSR count). The molecule has 0 saturated heterocycles. The van der Waals surface area contributed by atoms with Crippen molar-refractivity contribution in [2.75, 3.05) is 0 Å². The maximum Gasteiger partial charge on any atom is 0.306 e. The fourth-order valence-corrected chi connectivity index (χ4v) is 9.34. The number of carbonyl (C=O) groups is 1. The fourth-order valence-electron chi connectivity index (χ4n) is 4.59. The molecule has 1 aliphatic carbocycles. The standard InChI is InChI=1S/C17H34O2Si/c1-4-12-17(16(18)19,15-10-8-7-9-11-15)20(13-5-2)14-6-3/h15,20H,4-14H2,1-3H3,(H,18,19). The zero-order valence-corrected chi connectivity index (χ0v) is 14.9. The molecule has 0 aliphatic heterocycles. The van der Waals surface area contributed by atoms with Crippen molar-refractivity contribution < 1.29 is 9.90 Å². The number of hydrogen-bond acceptors (Lipinski definition) is 1. The van der Waals surface area contributed by atoms with Gasteiger partial charge in [-0.05, 0) is 25.2 Å². The molecule has 1 atom stereocenters. The maximum atomic E-state index is 12.3. The maximum absolute atomic E-state index is 12.3. The third kappa shape index (κ3) is 3.87. The van der Waals surface area contributed by atoms with Crippen LogP contribution >= 0.6 is 0 Å². The van der Waals surface area contributed by atoms with Crippen LogP contribution in [0.2, 0.25) is 17.1 Å². The molecule has 1 unspecified atom stereocenters. The second kappa shape index (κ2) is 8.86. The van der Waals surface area contributed by atoms with Gasteiger partial charge in [0.05, 0.1) is 13.8 Å². The van der Waals surface area contributed by atoms with Gasteiger partial charge in [0, 0.05) is 0 Å². The Labute approximate surface area is 127 Å². The highest BCUT2D eigenvalue weighted by Gasteiger charge is 2.50. The van der Waals surface area contributed by atoms with Crippen molar-refractivity contribution in [2.45, 2.75) is 95.7 Å². The van der Waals surface area contributed by atoms with E-state index in [1.165, 1.54) is 57.0 Å². The van der Waals surface area contributed by atoms with Gasteiger partial charge in [-0.2, -0.15) is 0 Å². The van der Waals surface area contributed by atoms with E-state index in [0.29, 0.717) is 5.92 Å². The van der Waals surface area contributed by atoms with E-state index >= 15 is 0 Å². The summed E-state index contributed by atoms with van der Waals surface area (Å²) < 4.78 is 0. The normalized spacial score (nSPS) is 20.0. The Morgan fingerprint density at radius 1 is 1.05 bits per heavy atom. The molecule has 0 bridgehead atoms. The predicted molar refractivity (Wildman–Crippen MR) is 89.2 cm³/mol. The van der Waals surface area contributed by atoms with Crippen molar-refractivity contribution in [2.24, 2.45) is 5.92 Å². The lowest BCUT2D eigenvalue weighted by molar-refractivity contribution is -0.143. The first kappa shape index (κ1) is 17.7. The molecule has 1 aliphatic rings. The molecule has 0 aromatic heterocycles. The van der Waals surface area contributed by atoms with Gasteiger partial charge in [-0.25, -0.2) is 0 Å². The van der Waals surface area contributed by atoms with Crippen molar-refractivity contribution in [3.63, 3.8) is 0 Å². The minimum Gasteiger partial charge on any atom is -0.481 e. The Balaban J connectivity index is 3.08. The van der Waals surface area contributed by atoms with Crippen molar-refractivity contribution in [1.82, 2.24) is 0 Å². The largest absolute Gasteiger partial charge is 0.481 e. The molecule has 0 amide bonds. The van der Waals surface area contributed by atoms with Gasteiger partial charge in [-0.3, -0.25) is 4.79 Å². The van der Waals surface area contributed by atoms with Crippen LogP contribution < -0.4 is 0 Å². The quantitative estimate of drug-likeness (QED) is 0.591. The lowest BCUT2D eigenvalue weighted by Crippen LogP contribution is -2.45. The summed E-state index contributed by atoms with van der Waals surface area (Å²) in [6.07, 6.45) is 10.5. The highest BCUT2D eigenvalue weighted by Crippen LogP contribution is 2.52. The highest BCUT2D eigenvalue weighted by molar-refractivity contribution is 6.66. The van der Waals surface area contributed by atoms with Crippen LogP contribution in [0.1, 0.15) is 78.6 Å². The minimum absolute atomic E-state index is 0.304. The van der Waals surface area contributed by atoms with Crippen molar-refractivity contribution in [3.8, 4) is 0 Å². The van der Waals surface area contributed by atoms with E-state index in [1.54, 1.807) is 0 Å². The molecule has 3 heteroatoms. The fraction of sp³-hybridized carbons (Fsp3) is 0.941. The summed E-state index contributed by atoms with van der Waals surface area (Å²) in [5.41, 5.74) is 0. The van der Waals surface area contributed by atoms with Crippen molar-refractivity contribution >= 4 is 14.8 Å². The van der Waals surface area contributed by atoms with Gasteiger partial charge in [0.1, 0.15) is 0 Å². The third-order valence-corrected chi connectivity index (χ3v) is 10.4. The van der Waals surface area contributed by atoms with Crippen LogP contribution in [0.5, 0.6) is 0 Å².